The van der Waals surface area contributed by atoms with E-state index in [4.69, 9.17) is 0 Å². The van der Waals surface area contributed by atoms with Gasteiger partial charge in [0.1, 0.15) is 0 Å². The lowest BCUT2D eigenvalue weighted by Gasteiger charge is -2.17. The van der Waals surface area contributed by atoms with Gasteiger partial charge < -0.3 is 0 Å². The van der Waals surface area contributed by atoms with Crippen LogP contribution in [0.1, 0.15) is 53.4 Å². The van der Waals surface area contributed by atoms with Crippen molar-refractivity contribution in [2.75, 3.05) is 0 Å². The molecule has 0 spiro atoms. The zero-order valence-electron chi connectivity index (χ0n) is 9.27. The highest BCUT2D eigenvalue weighted by Crippen LogP contribution is 2.20. The van der Waals surface area contributed by atoms with Gasteiger partial charge in [-0.05, 0) is 17.8 Å². The predicted octanol–water partition coefficient (Wildman–Crippen LogP) is 4.31. The van der Waals surface area contributed by atoms with Crippen molar-refractivity contribution in [3.8, 4) is 0 Å². The Bertz CT molecular complexity index is 94.2. The third-order valence-corrected chi connectivity index (χ3v) is 2.87. The van der Waals surface area contributed by atoms with Crippen molar-refractivity contribution in [2.24, 2.45) is 17.8 Å². The molecule has 0 saturated heterocycles. The Morgan fingerprint density at radius 1 is 1.00 bits per heavy atom. The SMILES string of the molecule is [CH2]C(C)C(C)CCC(C)CCC. The van der Waals surface area contributed by atoms with Crippen LogP contribution in [0.2, 0.25) is 0 Å². The fourth-order valence-electron chi connectivity index (χ4n) is 1.47. The van der Waals surface area contributed by atoms with Gasteiger partial charge in [-0.25, -0.2) is 0 Å². The number of hydrogen-bond donors (Lipinski definition) is 0. The zero-order chi connectivity index (χ0) is 9.56. The molecule has 0 nitrogen and oxygen atoms in total. The second-order valence-corrected chi connectivity index (χ2v) is 4.43. The van der Waals surface area contributed by atoms with Crippen molar-refractivity contribution in [1.29, 1.82) is 0 Å². The molecule has 3 unspecified atom stereocenters. The summed E-state index contributed by atoms with van der Waals surface area (Å²) in [7, 11) is 0. The highest BCUT2D eigenvalue weighted by molar-refractivity contribution is 4.65. The summed E-state index contributed by atoms with van der Waals surface area (Å²) in [6.45, 7) is 13.2. The van der Waals surface area contributed by atoms with Gasteiger partial charge in [0.05, 0.1) is 0 Å². The van der Waals surface area contributed by atoms with Gasteiger partial charge in [-0.1, -0.05) is 60.3 Å². The normalized spacial score (nSPS) is 16.5. The summed E-state index contributed by atoms with van der Waals surface area (Å²) in [5.41, 5.74) is 0. The Morgan fingerprint density at radius 3 is 2.00 bits per heavy atom. The van der Waals surface area contributed by atoms with Gasteiger partial charge in [0, 0.05) is 0 Å². The van der Waals surface area contributed by atoms with Crippen LogP contribution >= 0.6 is 0 Å². The highest BCUT2D eigenvalue weighted by Gasteiger charge is 2.08. The van der Waals surface area contributed by atoms with Crippen LogP contribution in [0.4, 0.5) is 0 Å². The van der Waals surface area contributed by atoms with Gasteiger partial charge in [-0.15, -0.1) is 0 Å². The fourth-order valence-corrected chi connectivity index (χ4v) is 1.47. The minimum Gasteiger partial charge on any atom is -0.0654 e. The van der Waals surface area contributed by atoms with Gasteiger partial charge in [-0.2, -0.15) is 0 Å². The van der Waals surface area contributed by atoms with Crippen molar-refractivity contribution < 1.29 is 0 Å². The topological polar surface area (TPSA) is 0 Å². The molecule has 0 saturated carbocycles. The molecule has 0 aromatic heterocycles. The van der Waals surface area contributed by atoms with Gasteiger partial charge in [0.2, 0.25) is 0 Å². The van der Waals surface area contributed by atoms with E-state index >= 15 is 0 Å². The maximum atomic E-state index is 4.06. The molecular weight excluding hydrogens is 144 g/mol. The zero-order valence-corrected chi connectivity index (χ0v) is 9.27. The Labute approximate surface area is 78.8 Å². The summed E-state index contributed by atoms with van der Waals surface area (Å²) in [5.74, 6) is 2.32. The summed E-state index contributed by atoms with van der Waals surface area (Å²) in [5, 5.41) is 0. The Hall–Kier alpha value is 0. The van der Waals surface area contributed by atoms with Crippen LogP contribution in [-0.2, 0) is 0 Å². The lowest BCUT2D eigenvalue weighted by atomic mass is 9.89. The molecule has 0 heteroatoms. The van der Waals surface area contributed by atoms with Crippen molar-refractivity contribution in [1.82, 2.24) is 0 Å². The monoisotopic (exact) mass is 169 g/mol. The largest absolute Gasteiger partial charge is 0.0654 e. The smallest absolute Gasteiger partial charge is 0.0417 e. The van der Waals surface area contributed by atoms with Crippen molar-refractivity contribution in [3.63, 3.8) is 0 Å². The number of rotatable bonds is 6. The third-order valence-electron chi connectivity index (χ3n) is 2.87. The molecule has 3 atom stereocenters. The Kier molecular flexibility index (Phi) is 6.51. The molecule has 0 aromatic rings. The second kappa shape index (κ2) is 6.51. The number of hydrogen-bond acceptors (Lipinski definition) is 0. The Morgan fingerprint density at radius 2 is 1.58 bits per heavy atom. The second-order valence-electron chi connectivity index (χ2n) is 4.43. The standard InChI is InChI=1S/C12H25/c1-6-7-11(4)8-9-12(5)10(2)3/h10-12H,2,6-9H2,1,3-5H3. The molecule has 0 aliphatic carbocycles. The first-order valence-electron chi connectivity index (χ1n) is 5.41. The average Bonchev–Trinajstić information content (AvgIpc) is 2.00. The van der Waals surface area contributed by atoms with Crippen molar-refractivity contribution in [3.05, 3.63) is 6.92 Å². The highest BCUT2D eigenvalue weighted by atomic mass is 14.1. The maximum Gasteiger partial charge on any atom is -0.0417 e. The molecule has 1 radical (unpaired) electrons. The molecule has 0 N–H and O–H groups in total. The molecule has 12 heavy (non-hydrogen) atoms. The first-order chi connectivity index (χ1) is 5.57. The summed E-state index contributed by atoms with van der Waals surface area (Å²) in [6, 6.07) is 0. The van der Waals surface area contributed by atoms with Gasteiger partial charge >= 0.3 is 0 Å². The van der Waals surface area contributed by atoms with Crippen molar-refractivity contribution >= 4 is 0 Å². The molecule has 0 aromatic carbocycles. The minimum absolute atomic E-state index is 0.610. The summed E-state index contributed by atoms with van der Waals surface area (Å²) in [6.07, 6.45) is 5.45. The van der Waals surface area contributed by atoms with Gasteiger partial charge in [-0.3, -0.25) is 0 Å². The van der Waals surface area contributed by atoms with Crippen LogP contribution < -0.4 is 0 Å². The van der Waals surface area contributed by atoms with E-state index in [1.54, 1.807) is 0 Å². The molecular formula is C12H25. The lowest BCUT2D eigenvalue weighted by molar-refractivity contribution is 0.362. The van der Waals surface area contributed by atoms with Gasteiger partial charge in [0.15, 0.2) is 0 Å². The maximum absolute atomic E-state index is 4.06. The molecule has 0 heterocycles. The van der Waals surface area contributed by atoms with Crippen LogP contribution in [0, 0.1) is 24.7 Å². The predicted molar refractivity (Wildman–Crippen MR) is 57.0 cm³/mol. The molecule has 0 rings (SSSR count). The van der Waals surface area contributed by atoms with E-state index in [1.807, 2.05) is 0 Å². The van der Waals surface area contributed by atoms with E-state index in [0.29, 0.717) is 5.92 Å². The van der Waals surface area contributed by atoms with Crippen LogP contribution in [0.3, 0.4) is 0 Å². The summed E-state index contributed by atoms with van der Waals surface area (Å²) < 4.78 is 0. The summed E-state index contributed by atoms with van der Waals surface area (Å²) in [4.78, 5) is 0. The van der Waals surface area contributed by atoms with E-state index < -0.39 is 0 Å². The van der Waals surface area contributed by atoms with E-state index in [2.05, 4.69) is 34.6 Å². The molecule has 73 valence electrons. The third kappa shape index (κ3) is 5.62. The molecule has 0 aliphatic rings. The molecule has 0 bridgehead atoms. The van der Waals surface area contributed by atoms with Gasteiger partial charge in [0.25, 0.3) is 0 Å². The van der Waals surface area contributed by atoms with E-state index in [0.717, 1.165) is 11.8 Å². The molecule has 0 amide bonds. The minimum atomic E-state index is 0.610. The van der Waals surface area contributed by atoms with Crippen molar-refractivity contribution in [2.45, 2.75) is 53.4 Å². The lowest BCUT2D eigenvalue weighted by Crippen LogP contribution is -2.06. The van der Waals surface area contributed by atoms with Crippen LogP contribution in [0.5, 0.6) is 0 Å². The summed E-state index contributed by atoms with van der Waals surface area (Å²) >= 11 is 0. The first-order valence-corrected chi connectivity index (χ1v) is 5.41. The average molecular weight is 169 g/mol. The quantitative estimate of drug-likeness (QED) is 0.556. The van der Waals surface area contributed by atoms with Crippen LogP contribution in [0.25, 0.3) is 0 Å². The van der Waals surface area contributed by atoms with E-state index in [1.165, 1.54) is 25.7 Å². The van der Waals surface area contributed by atoms with Crippen LogP contribution in [0.15, 0.2) is 0 Å². The molecule has 0 fully saturated rings. The first kappa shape index (κ1) is 12.0. The van der Waals surface area contributed by atoms with E-state index in [-0.39, 0.29) is 0 Å². The Balaban J connectivity index is 3.40. The molecule has 0 aliphatic heterocycles. The van der Waals surface area contributed by atoms with E-state index in [9.17, 15) is 0 Å². The van der Waals surface area contributed by atoms with Crippen LogP contribution in [-0.4, -0.2) is 0 Å². The fraction of sp³-hybridized carbons (Fsp3) is 0.917.